The molecule has 0 saturated carbocycles. The number of hydrogen-bond acceptors (Lipinski definition) is 6. The van der Waals surface area contributed by atoms with Crippen LogP contribution in [0.15, 0.2) is 40.8 Å². The Morgan fingerprint density at radius 1 is 1.13 bits per heavy atom. The zero-order valence-corrected chi connectivity index (χ0v) is 18.6. The number of nitrogens with zero attached hydrogens (tertiary/aromatic N) is 2. The molecule has 3 rings (SSSR count). The zero-order valence-electron chi connectivity index (χ0n) is 18.6. The van der Waals surface area contributed by atoms with Crippen molar-refractivity contribution >= 4 is 17.6 Å². The molecule has 164 valence electrons. The quantitative estimate of drug-likeness (QED) is 0.594. The van der Waals surface area contributed by atoms with E-state index in [0.717, 1.165) is 0 Å². The fourth-order valence-corrected chi connectivity index (χ4v) is 3.10. The molecule has 0 saturated heterocycles. The van der Waals surface area contributed by atoms with Crippen LogP contribution in [0.4, 0.5) is 5.69 Å². The molecule has 0 unspecified atom stereocenters. The predicted octanol–water partition coefficient (Wildman–Crippen LogP) is 4.24. The van der Waals surface area contributed by atoms with Crippen LogP contribution in [0, 0.1) is 6.92 Å². The largest absolute Gasteiger partial charge is 0.486 e. The molecule has 2 aromatic heterocycles. The molecule has 0 spiro atoms. The number of anilines is 1. The molecule has 0 aliphatic rings. The number of nitrogens with one attached hydrogen (secondary N) is 1. The lowest BCUT2D eigenvalue weighted by Gasteiger charge is -2.19. The zero-order chi connectivity index (χ0) is 22.8. The van der Waals surface area contributed by atoms with E-state index < -0.39 is 11.9 Å². The summed E-state index contributed by atoms with van der Waals surface area (Å²) in [7, 11) is 2.87. The highest BCUT2D eigenvalue weighted by Gasteiger charge is 2.24. The normalized spacial score (nSPS) is 11.3. The first kappa shape index (κ1) is 22.1. The van der Waals surface area contributed by atoms with Gasteiger partial charge in [0.25, 0.3) is 5.91 Å². The molecule has 0 bridgehead atoms. The number of aryl methyl sites for hydroxylation is 2. The van der Waals surface area contributed by atoms with E-state index in [1.165, 1.54) is 17.4 Å². The molecule has 1 aromatic carbocycles. The smallest absolute Gasteiger partial charge is 0.358 e. The Balaban J connectivity index is 1.66. The Bertz CT molecular complexity index is 1090. The first-order chi connectivity index (χ1) is 14.6. The number of aromatic nitrogens is 2. The summed E-state index contributed by atoms with van der Waals surface area (Å²) in [6.45, 7) is 8.33. The van der Waals surface area contributed by atoms with Gasteiger partial charge in [0, 0.05) is 7.05 Å². The second-order valence-electron chi connectivity index (χ2n) is 8.21. The molecule has 2 heterocycles. The summed E-state index contributed by atoms with van der Waals surface area (Å²) in [6, 6.07) is 11.1. The van der Waals surface area contributed by atoms with Crippen LogP contribution in [-0.4, -0.2) is 28.8 Å². The number of methoxy groups -OCH3 is 1. The average molecular weight is 425 g/mol. The number of furan rings is 1. The number of rotatable bonds is 6. The van der Waals surface area contributed by atoms with Crippen molar-refractivity contribution in [2.45, 2.75) is 39.7 Å². The fourth-order valence-electron chi connectivity index (χ4n) is 3.10. The molecule has 1 N–H and O–H groups in total. The molecule has 3 aromatic rings. The van der Waals surface area contributed by atoms with Gasteiger partial charge in [-0.3, -0.25) is 9.48 Å². The second kappa shape index (κ2) is 8.67. The summed E-state index contributed by atoms with van der Waals surface area (Å²) >= 11 is 0. The van der Waals surface area contributed by atoms with Crippen molar-refractivity contribution in [2.24, 2.45) is 7.05 Å². The fraction of sp³-hybridized carbons (Fsp3) is 0.348. The summed E-state index contributed by atoms with van der Waals surface area (Å²) in [6.07, 6.45) is 0. The topological polar surface area (TPSA) is 95.6 Å². The summed E-state index contributed by atoms with van der Waals surface area (Å²) in [5.41, 5.74) is 2.22. The molecule has 1 amide bonds. The lowest BCUT2D eigenvalue weighted by Crippen LogP contribution is -2.16. The van der Waals surface area contributed by atoms with E-state index in [0.29, 0.717) is 17.2 Å². The van der Waals surface area contributed by atoms with Gasteiger partial charge in [0.2, 0.25) is 0 Å². The van der Waals surface area contributed by atoms with Crippen LogP contribution in [0.25, 0.3) is 0 Å². The number of hydrogen-bond donors (Lipinski definition) is 1. The van der Waals surface area contributed by atoms with Crippen LogP contribution in [-0.2, 0) is 23.8 Å². The second-order valence-corrected chi connectivity index (χ2v) is 8.21. The van der Waals surface area contributed by atoms with Gasteiger partial charge in [-0.25, -0.2) is 4.79 Å². The van der Waals surface area contributed by atoms with Crippen molar-refractivity contribution in [2.75, 3.05) is 12.4 Å². The summed E-state index contributed by atoms with van der Waals surface area (Å²) in [4.78, 5) is 24.6. The van der Waals surface area contributed by atoms with Crippen molar-refractivity contribution in [3.05, 3.63) is 64.9 Å². The first-order valence-corrected chi connectivity index (χ1v) is 9.85. The molecule has 0 radical (unpaired) electrons. The van der Waals surface area contributed by atoms with Gasteiger partial charge in [-0.05, 0) is 42.2 Å². The predicted molar refractivity (Wildman–Crippen MR) is 115 cm³/mol. The minimum atomic E-state index is -0.593. The number of carbonyl (C=O) groups is 2. The van der Waals surface area contributed by atoms with Crippen molar-refractivity contribution in [1.82, 2.24) is 9.78 Å². The van der Waals surface area contributed by atoms with Gasteiger partial charge in [0.15, 0.2) is 11.5 Å². The monoisotopic (exact) mass is 425 g/mol. The van der Waals surface area contributed by atoms with Gasteiger partial charge in [-0.1, -0.05) is 32.9 Å². The molecule has 0 aliphatic carbocycles. The van der Waals surface area contributed by atoms with E-state index in [-0.39, 0.29) is 29.2 Å². The number of benzene rings is 1. The van der Waals surface area contributed by atoms with Crippen LogP contribution < -0.4 is 10.1 Å². The van der Waals surface area contributed by atoms with E-state index >= 15 is 0 Å². The van der Waals surface area contributed by atoms with E-state index in [1.54, 1.807) is 26.1 Å². The van der Waals surface area contributed by atoms with Crippen LogP contribution >= 0.6 is 0 Å². The van der Waals surface area contributed by atoms with E-state index in [9.17, 15) is 9.59 Å². The minimum absolute atomic E-state index is 0.0716. The highest BCUT2D eigenvalue weighted by molar-refractivity contribution is 6.06. The van der Waals surface area contributed by atoms with Gasteiger partial charge in [-0.15, -0.1) is 0 Å². The molecule has 0 fully saturated rings. The Hall–Kier alpha value is -3.55. The molecule has 8 nitrogen and oxygen atoms in total. The van der Waals surface area contributed by atoms with Gasteiger partial charge in [0.1, 0.15) is 18.1 Å². The molecule has 31 heavy (non-hydrogen) atoms. The molecule has 0 atom stereocenters. The van der Waals surface area contributed by atoms with Gasteiger partial charge in [0.05, 0.1) is 18.5 Å². The number of esters is 1. The van der Waals surface area contributed by atoms with Crippen LogP contribution in [0.1, 0.15) is 58.8 Å². The third-order valence-corrected chi connectivity index (χ3v) is 4.83. The average Bonchev–Trinajstić information content (AvgIpc) is 3.30. The lowest BCUT2D eigenvalue weighted by atomic mass is 9.87. The van der Waals surface area contributed by atoms with Crippen LogP contribution in [0.5, 0.6) is 5.75 Å². The van der Waals surface area contributed by atoms with E-state index in [4.69, 9.17) is 13.9 Å². The standard InChI is InChI=1S/C23H27N3O5/c1-14-19(20(22(28)29-6)26(5)25-14)24-21(27)18-12-11-17(31-18)13-30-16-9-7-15(8-10-16)23(2,3)4/h7-12H,13H2,1-6H3,(H,24,27). The number of amides is 1. The van der Waals surface area contributed by atoms with Crippen molar-refractivity contribution < 1.29 is 23.5 Å². The maximum absolute atomic E-state index is 12.6. The Kier molecular flexibility index (Phi) is 6.19. The van der Waals surface area contributed by atoms with Crippen LogP contribution in [0.2, 0.25) is 0 Å². The molecule has 0 aliphatic heterocycles. The summed E-state index contributed by atoms with van der Waals surface area (Å²) < 4.78 is 17.5. The van der Waals surface area contributed by atoms with Gasteiger partial charge in [-0.2, -0.15) is 5.10 Å². The molecular weight excluding hydrogens is 398 g/mol. The van der Waals surface area contributed by atoms with Gasteiger partial charge < -0.3 is 19.2 Å². The lowest BCUT2D eigenvalue weighted by molar-refractivity contribution is 0.0589. The molecular formula is C23H27N3O5. The third kappa shape index (κ3) is 4.96. The van der Waals surface area contributed by atoms with Crippen molar-refractivity contribution in [3.63, 3.8) is 0 Å². The van der Waals surface area contributed by atoms with Crippen molar-refractivity contribution in [3.8, 4) is 5.75 Å². The van der Waals surface area contributed by atoms with Gasteiger partial charge >= 0.3 is 5.97 Å². The maximum Gasteiger partial charge on any atom is 0.358 e. The van der Waals surface area contributed by atoms with Crippen molar-refractivity contribution in [1.29, 1.82) is 0 Å². The number of ether oxygens (including phenoxy) is 2. The minimum Gasteiger partial charge on any atom is -0.486 e. The highest BCUT2D eigenvalue weighted by atomic mass is 16.5. The maximum atomic E-state index is 12.6. The van der Waals surface area contributed by atoms with E-state index in [1.807, 2.05) is 24.3 Å². The summed E-state index contributed by atoms with van der Waals surface area (Å²) in [5, 5.41) is 6.85. The summed E-state index contributed by atoms with van der Waals surface area (Å²) in [5.74, 6) is 0.220. The Morgan fingerprint density at radius 3 is 2.42 bits per heavy atom. The number of carbonyl (C=O) groups excluding carboxylic acids is 2. The Morgan fingerprint density at radius 2 is 1.81 bits per heavy atom. The third-order valence-electron chi connectivity index (χ3n) is 4.83. The molecule has 8 heteroatoms. The first-order valence-electron chi connectivity index (χ1n) is 9.85. The van der Waals surface area contributed by atoms with Crippen LogP contribution in [0.3, 0.4) is 0 Å². The highest BCUT2D eigenvalue weighted by Crippen LogP contribution is 2.25. The van der Waals surface area contributed by atoms with E-state index in [2.05, 4.69) is 31.2 Å². The SMILES string of the molecule is COC(=O)c1c(NC(=O)c2ccc(COc3ccc(C(C)(C)C)cc3)o2)c(C)nn1C. The Labute approximate surface area is 181 Å².